The highest BCUT2D eigenvalue weighted by Crippen LogP contribution is 2.15. The number of amides is 2. The van der Waals surface area contributed by atoms with Gasteiger partial charge in [-0.2, -0.15) is 0 Å². The average molecular weight is 302 g/mol. The molecule has 0 aliphatic rings. The zero-order valence-electron chi connectivity index (χ0n) is 12.1. The maximum Gasteiger partial charge on any atom is 0.264 e. The third-order valence-electron chi connectivity index (χ3n) is 3.13. The van der Waals surface area contributed by atoms with E-state index in [9.17, 15) is 9.59 Å². The molecule has 2 rings (SSSR count). The van der Waals surface area contributed by atoms with E-state index in [0.717, 1.165) is 17.7 Å². The van der Waals surface area contributed by atoms with Crippen LogP contribution in [0.1, 0.15) is 22.2 Å². The predicted octanol–water partition coefficient (Wildman–Crippen LogP) is 3.02. The number of carbonyl (C=O) groups is 2. The highest BCUT2D eigenvalue weighted by molar-refractivity contribution is 7.12. The summed E-state index contributed by atoms with van der Waals surface area (Å²) < 4.78 is 0. The van der Waals surface area contributed by atoms with Crippen LogP contribution in [0.25, 0.3) is 0 Å². The first kappa shape index (κ1) is 15.3. The summed E-state index contributed by atoms with van der Waals surface area (Å²) in [6.07, 6.45) is 0.848. The van der Waals surface area contributed by atoms with Gasteiger partial charge < -0.3 is 10.2 Å². The number of nitrogens with zero attached hydrogens (tertiary/aromatic N) is 1. The summed E-state index contributed by atoms with van der Waals surface area (Å²) in [6, 6.07) is 11.3. The fourth-order valence-corrected chi connectivity index (χ4v) is 2.73. The number of likely N-dealkylation sites (N-methyl/N-ethyl adjacent to an activating group) is 1. The Morgan fingerprint density at radius 1 is 1.19 bits per heavy atom. The van der Waals surface area contributed by atoms with Crippen molar-refractivity contribution in [1.82, 2.24) is 4.90 Å². The first-order chi connectivity index (χ1) is 10.1. The molecule has 1 aromatic carbocycles. The van der Waals surface area contributed by atoms with Gasteiger partial charge in [0, 0.05) is 12.7 Å². The highest BCUT2D eigenvalue weighted by atomic mass is 32.1. The van der Waals surface area contributed by atoms with Gasteiger partial charge in [0.05, 0.1) is 11.4 Å². The van der Waals surface area contributed by atoms with E-state index < -0.39 is 0 Å². The van der Waals surface area contributed by atoms with Crippen molar-refractivity contribution in [2.24, 2.45) is 0 Å². The van der Waals surface area contributed by atoms with Crippen LogP contribution in [0.5, 0.6) is 0 Å². The second-order valence-corrected chi connectivity index (χ2v) is 5.65. The van der Waals surface area contributed by atoms with Crippen LogP contribution in [0.2, 0.25) is 0 Å². The minimum Gasteiger partial charge on any atom is -0.332 e. The van der Waals surface area contributed by atoms with Crippen LogP contribution in [0.4, 0.5) is 5.69 Å². The number of rotatable bonds is 5. The molecular formula is C16H18N2O2S. The highest BCUT2D eigenvalue weighted by Gasteiger charge is 2.16. The molecule has 0 atom stereocenters. The lowest BCUT2D eigenvalue weighted by Crippen LogP contribution is -2.34. The van der Waals surface area contributed by atoms with E-state index in [1.165, 1.54) is 16.2 Å². The number of anilines is 1. The fraction of sp³-hybridized carbons (Fsp3) is 0.250. The lowest BCUT2D eigenvalue weighted by molar-refractivity contribution is -0.116. The summed E-state index contributed by atoms with van der Waals surface area (Å²) in [7, 11) is 1.63. The number of aryl methyl sites for hydroxylation is 1. The normalized spacial score (nSPS) is 10.2. The largest absolute Gasteiger partial charge is 0.332 e. The van der Waals surface area contributed by atoms with Crippen LogP contribution < -0.4 is 5.32 Å². The molecule has 110 valence electrons. The molecule has 0 bridgehead atoms. The number of hydrogen-bond donors (Lipinski definition) is 1. The van der Waals surface area contributed by atoms with Crippen molar-refractivity contribution >= 4 is 28.8 Å². The van der Waals surface area contributed by atoms with Gasteiger partial charge in [-0.1, -0.05) is 31.2 Å². The molecule has 1 aromatic heterocycles. The van der Waals surface area contributed by atoms with Gasteiger partial charge in [-0.25, -0.2) is 0 Å². The smallest absolute Gasteiger partial charge is 0.264 e. The maximum atomic E-state index is 12.1. The van der Waals surface area contributed by atoms with E-state index in [0.29, 0.717) is 4.88 Å². The van der Waals surface area contributed by atoms with Crippen LogP contribution in [-0.2, 0) is 11.2 Å². The molecule has 0 radical (unpaired) electrons. The molecule has 0 unspecified atom stereocenters. The second-order valence-electron chi connectivity index (χ2n) is 4.70. The van der Waals surface area contributed by atoms with Crippen LogP contribution in [0, 0.1) is 0 Å². The van der Waals surface area contributed by atoms with Gasteiger partial charge in [0.2, 0.25) is 5.91 Å². The van der Waals surface area contributed by atoms with Crippen molar-refractivity contribution in [2.45, 2.75) is 13.3 Å². The number of hydrogen-bond acceptors (Lipinski definition) is 3. The van der Waals surface area contributed by atoms with E-state index in [1.807, 2.05) is 42.6 Å². The molecule has 4 nitrogen and oxygen atoms in total. The number of carbonyl (C=O) groups excluding carboxylic acids is 2. The third-order valence-corrected chi connectivity index (χ3v) is 3.99. The van der Waals surface area contributed by atoms with Gasteiger partial charge in [-0.3, -0.25) is 9.59 Å². The van der Waals surface area contributed by atoms with Gasteiger partial charge in [-0.15, -0.1) is 11.3 Å². The molecule has 2 aromatic rings. The molecule has 0 spiro atoms. The summed E-state index contributed by atoms with van der Waals surface area (Å²) in [5.41, 5.74) is 1.89. The van der Waals surface area contributed by atoms with Gasteiger partial charge in [0.1, 0.15) is 0 Å². The molecule has 0 aliphatic heterocycles. The maximum absolute atomic E-state index is 12.1. The minimum absolute atomic E-state index is 0.0365. The Labute approximate surface area is 128 Å². The van der Waals surface area contributed by atoms with Crippen molar-refractivity contribution in [3.63, 3.8) is 0 Å². The predicted molar refractivity (Wildman–Crippen MR) is 85.7 cm³/mol. The Morgan fingerprint density at radius 3 is 2.62 bits per heavy atom. The summed E-state index contributed by atoms with van der Waals surface area (Å²) in [5, 5.41) is 4.71. The molecule has 2 amide bonds. The quantitative estimate of drug-likeness (QED) is 0.923. The second kappa shape index (κ2) is 7.04. The molecule has 0 fully saturated rings. The van der Waals surface area contributed by atoms with E-state index in [2.05, 4.69) is 5.32 Å². The van der Waals surface area contributed by atoms with Gasteiger partial charge >= 0.3 is 0 Å². The number of para-hydroxylation sites is 1. The lowest BCUT2D eigenvalue weighted by atomic mass is 10.1. The Hall–Kier alpha value is -2.14. The molecule has 0 saturated carbocycles. The van der Waals surface area contributed by atoms with Crippen molar-refractivity contribution in [1.29, 1.82) is 0 Å². The van der Waals surface area contributed by atoms with Gasteiger partial charge in [0.15, 0.2) is 0 Å². The molecule has 1 heterocycles. The van der Waals surface area contributed by atoms with E-state index in [-0.39, 0.29) is 18.4 Å². The monoisotopic (exact) mass is 302 g/mol. The molecular weight excluding hydrogens is 284 g/mol. The van der Waals surface area contributed by atoms with Crippen LogP contribution >= 0.6 is 11.3 Å². The fourth-order valence-electron chi connectivity index (χ4n) is 2.02. The zero-order chi connectivity index (χ0) is 15.2. The van der Waals surface area contributed by atoms with Crippen LogP contribution in [-0.4, -0.2) is 30.3 Å². The summed E-state index contributed by atoms with van der Waals surface area (Å²) in [6.45, 7) is 2.08. The zero-order valence-corrected chi connectivity index (χ0v) is 12.9. The van der Waals surface area contributed by atoms with Crippen LogP contribution in [0.15, 0.2) is 41.8 Å². The van der Waals surface area contributed by atoms with E-state index in [1.54, 1.807) is 13.1 Å². The van der Waals surface area contributed by atoms with Crippen molar-refractivity contribution in [2.75, 3.05) is 18.9 Å². The number of thiophene rings is 1. The van der Waals surface area contributed by atoms with Crippen molar-refractivity contribution in [3.05, 3.63) is 52.2 Å². The lowest BCUT2D eigenvalue weighted by Gasteiger charge is -2.16. The van der Waals surface area contributed by atoms with Crippen molar-refractivity contribution < 1.29 is 9.59 Å². The topological polar surface area (TPSA) is 49.4 Å². The summed E-state index contributed by atoms with van der Waals surface area (Å²) in [5.74, 6) is -0.327. The average Bonchev–Trinajstić information content (AvgIpc) is 3.01. The van der Waals surface area contributed by atoms with Crippen molar-refractivity contribution in [3.8, 4) is 0 Å². The Bertz CT molecular complexity index is 623. The van der Waals surface area contributed by atoms with Crippen LogP contribution in [0.3, 0.4) is 0 Å². The number of benzene rings is 1. The van der Waals surface area contributed by atoms with Gasteiger partial charge in [-0.05, 0) is 29.5 Å². The first-order valence-corrected chi connectivity index (χ1v) is 7.66. The Morgan fingerprint density at radius 2 is 1.95 bits per heavy atom. The molecule has 5 heteroatoms. The Kier molecular flexibility index (Phi) is 5.11. The molecule has 1 N–H and O–H groups in total. The standard InChI is InChI=1S/C16H18N2O2S/c1-3-12-7-4-5-8-13(12)17-15(19)11-18(2)16(20)14-9-6-10-21-14/h4-10H,3,11H2,1-2H3,(H,17,19). The van der Waals surface area contributed by atoms with E-state index >= 15 is 0 Å². The van der Waals surface area contributed by atoms with Gasteiger partial charge in [0.25, 0.3) is 5.91 Å². The number of nitrogens with one attached hydrogen (secondary N) is 1. The molecule has 21 heavy (non-hydrogen) atoms. The summed E-state index contributed by atoms with van der Waals surface area (Å²) >= 11 is 1.37. The third kappa shape index (κ3) is 3.92. The van der Waals surface area contributed by atoms with E-state index in [4.69, 9.17) is 0 Å². The SMILES string of the molecule is CCc1ccccc1NC(=O)CN(C)C(=O)c1cccs1. The molecule has 0 saturated heterocycles. The first-order valence-electron chi connectivity index (χ1n) is 6.78. The summed E-state index contributed by atoms with van der Waals surface area (Å²) in [4.78, 5) is 26.2. The Balaban J connectivity index is 1.97. The molecule has 0 aliphatic carbocycles. The minimum atomic E-state index is -0.191.